The van der Waals surface area contributed by atoms with Gasteiger partial charge in [0.1, 0.15) is 5.75 Å². The highest BCUT2D eigenvalue weighted by atomic mass is 79.9. The topological polar surface area (TPSA) is 60.2 Å². The zero-order chi connectivity index (χ0) is 13.8. The second kappa shape index (κ2) is 6.58. The monoisotopic (exact) mass is 409 g/mol. The van der Waals surface area contributed by atoms with E-state index in [1.807, 2.05) is 12.1 Å². The van der Waals surface area contributed by atoms with Gasteiger partial charge in [-0.2, -0.15) is 0 Å². The van der Waals surface area contributed by atoms with E-state index >= 15 is 0 Å². The van der Waals surface area contributed by atoms with Crippen LogP contribution in [0.4, 0.5) is 11.7 Å². The van der Waals surface area contributed by atoms with E-state index in [-0.39, 0.29) is 0 Å². The van der Waals surface area contributed by atoms with Gasteiger partial charge in [-0.05, 0) is 37.9 Å². The molecular formula is C11H10Br2ClN3O2. The lowest BCUT2D eigenvalue weighted by Gasteiger charge is -2.09. The van der Waals surface area contributed by atoms with Gasteiger partial charge in [0, 0.05) is 22.8 Å². The van der Waals surface area contributed by atoms with E-state index in [2.05, 4.69) is 47.4 Å². The van der Waals surface area contributed by atoms with E-state index < -0.39 is 0 Å². The van der Waals surface area contributed by atoms with E-state index in [1.165, 1.54) is 0 Å². The number of rotatable bonds is 5. The molecule has 1 N–H and O–H groups in total. The minimum Gasteiger partial charge on any atom is -0.495 e. The first-order valence-corrected chi connectivity index (χ1v) is 7.44. The first-order chi connectivity index (χ1) is 9.13. The number of halogens is 3. The van der Waals surface area contributed by atoms with Crippen molar-refractivity contribution in [3.8, 4) is 5.75 Å². The van der Waals surface area contributed by atoms with E-state index in [0.29, 0.717) is 30.0 Å². The van der Waals surface area contributed by atoms with Crippen molar-refractivity contribution in [1.82, 2.24) is 10.2 Å². The van der Waals surface area contributed by atoms with Crippen molar-refractivity contribution in [3.05, 3.63) is 27.0 Å². The zero-order valence-electron chi connectivity index (χ0n) is 9.91. The van der Waals surface area contributed by atoms with Gasteiger partial charge in [0.2, 0.25) is 5.89 Å². The molecule has 2 aromatic rings. The van der Waals surface area contributed by atoms with Crippen LogP contribution in [0.1, 0.15) is 5.89 Å². The van der Waals surface area contributed by atoms with Crippen molar-refractivity contribution in [1.29, 1.82) is 0 Å². The predicted molar refractivity (Wildman–Crippen MR) is 80.4 cm³/mol. The highest BCUT2D eigenvalue weighted by Gasteiger charge is 2.11. The molecule has 8 heteroatoms. The molecule has 19 heavy (non-hydrogen) atoms. The smallest absolute Gasteiger partial charge is 0.320 e. The van der Waals surface area contributed by atoms with Gasteiger partial charge in [0.25, 0.3) is 0 Å². The van der Waals surface area contributed by atoms with E-state index in [9.17, 15) is 0 Å². The third-order valence-corrected chi connectivity index (χ3v) is 3.72. The van der Waals surface area contributed by atoms with Crippen molar-refractivity contribution in [2.24, 2.45) is 0 Å². The lowest BCUT2D eigenvalue weighted by atomic mass is 10.3. The third kappa shape index (κ3) is 3.61. The number of alkyl halides is 1. The molecule has 0 aliphatic heterocycles. The molecule has 2 rings (SSSR count). The Morgan fingerprint density at radius 2 is 2.11 bits per heavy atom. The van der Waals surface area contributed by atoms with E-state index in [0.717, 1.165) is 14.6 Å². The highest BCUT2D eigenvalue weighted by molar-refractivity contribution is 9.11. The Labute approximate surface area is 131 Å². The van der Waals surface area contributed by atoms with Crippen LogP contribution in [0.25, 0.3) is 0 Å². The summed E-state index contributed by atoms with van der Waals surface area (Å²) in [4.78, 5) is 0. The molecule has 5 nitrogen and oxygen atoms in total. The maximum absolute atomic E-state index is 5.61. The molecule has 0 spiro atoms. The van der Waals surface area contributed by atoms with Gasteiger partial charge >= 0.3 is 6.01 Å². The molecule has 102 valence electrons. The van der Waals surface area contributed by atoms with Gasteiger partial charge in [-0.15, -0.1) is 16.7 Å². The summed E-state index contributed by atoms with van der Waals surface area (Å²) in [6.45, 7) is 0. The summed E-state index contributed by atoms with van der Waals surface area (Å²) < 4.78 is 12.3. The Hall–Kier alpha value is -0.790. The van der Waals surface area contributed by atoms with Gasteiger partial charge < -0.3 is 14.5 Å². The number of ether oxygens (including phenoxy) is 1. The van der Waals surface area contributed by atoms with E-state index in [1.54, 1.807) is 7.11 Å². The van der Waals surface area contributed by atoms with Crippen molar-refractivity contribution in [2.75, 3.05) is 18.3 Å². The first-order valence-electron chi connectivity index (χ1n) is 5.32. The summed E-state index contributed by atoms with van der Waals surface area (Å²) in [5, 5.41) is 10.8. The minimum absolute atomic E-state index is 0.310. The van der Waals surface area contributed by atoms with Crippen LogP contribution in [0.5, 0.6) is 5.75 Å². The van der Waals surface area contributed by atoms with Crippen LogP contribution in [-0.4, -0.2) is 23.2 Å². The molecule has 0 bridgehead atoms. The minimum atomic E-state index is 0.310. The fraction of sp³-hybridized carbons (Fsp3) is 0.273. The number of nitrogens with zero attached hydrogens (tertiary/aromatic N) is 2. The standard InChI is InChI=1S/C11H10Br2ClN3O2/c1-18-9-5-8(6(12)4-7(9)13)15-11-17-16-10(19-11)2-3-14/h4-5H,2-3H2,1H3,(H,15,17). The van der Waals surface area contributed by atoms with Crippen LogP contribution in [0.2, 0.25) is 0 Å². The second-order valence-electron chi connectivity index (χ2n) is 3.53. The molecule has 0 saturated heterocycles. The quantitative estimate of drug-likeness (QED) is 0.750. The molecule has 1 aromatic heterocycles. The largest absolute Gasteiger partial charge is 0.495 e. The lowest BCUT2D eigenvalue weighted by molar-refractivity contribution is 0.412. The molecule has 0 radical (unpaired) electrons. The number of aromatic nitrogens is 2. The third-order valence-electron chi connectivity index (χ3n) is 2.26. The summed E-state index contributed by atoms with van der Waals surface area (Å²) in [5.74, 6) is 1.64. The SMILES string of the molecule is COc1cc(Nc2nnc(CCCl)o2)c(Br)cc1Br. The van der Waals surface area contributed by atoms with Crippen LogP contribution in [0.3, 0.4) is 0 Å². The average Bonchev–Trinajstić information content (AvgIpc) is 2.81. The Balaban J connectivity index is 2.22. The molecular weight excluding hydrogens is 401 g/mol. The summed E-state index contributed by atoms with van der Waals surface area (Å²) in [6, 6.07) is 4.00. The van der Waals surface area contributed by atoms with Crippen LogP contribution >= 0.6 is 43.5 Å². The number of hydrogen-bond acceptors (Lipinski definition) is 5. The van der Waals surface area contributed by atoms with Gasteiger partial charge in [-0.3, -0.25) is 0 Å². The second-order valence-corrected chi connectivity index (χ2v) is 5.62. The van der Waals surface area contributed by atoms with Crippen LogP contribution in [0, 0.1) is 0 Å². The number of nitrogens with one attached hydrogen (secondary N) is 1. The average molecular weight is 411 g/mol. The summed E-state index contributed by atoms with van der Waals surface area (Å²) in [5.41, 5.74) is 0.765. The Morgan fingerprint density at radius 3 is 2.79 bits per heavy atom. The number of anilines is 2. The van der Waals surface area contributed by atoms with E-state index in [4.69, 9.17) is 20.8 Å². The van der Waals surface area contributed by atoms with Gasteiger partial charge in [0.05, 0.1) is 17.3 Å². The van der Waals surface area contributed by atoms with Crippen molar-refractivity contribution in [2.45, 2.75) is 6.42 Å². The fourth-order valence-corrected chi connectivity index (χ4v) is 2.80. The number of hydrogen-bond donors (Lipinski definition) is 1. The molecule has 0 saturated carbocycles. The normalized spacial score (nSPS) is 10.5. The molecule has 1 aromatic carbocycles. The van der Waals surface area contributed by atoms with Crippen molar-refractivity contribution in [3.63, 3.8) is 0 Å². The molecule has 0 fully saturated rings. The molecule has 0 aliphatic carbocycles. The molecule has 0 atom stereocenters. The maximum atomic E-state index is 5.61. The van der Waals surface area contributed by atoms with Crippen LogP contribution in [0.15, 0.2) is 25.5 Å². The maximum Gasteiger partial charge on any atom is 0.320 e. The lowest BCUT2D eigenvalue weighted by Crippen LogP contribution is -1.94. The molecule has 1 heterocycles. The summed E-state index contributed by atoms with van der Waals surface area (Å²) in [7, 11) is 1.60. The van der Waals surface area contributed by atoms with Crippen LogP contribution in [-0.2, 0) is 6.42 Å². The fourth-order valence-electron chi connectivity index (χ4n) is 1.38. The van der Waals surface area contributed by atoms with Crippen LogP contribution < -0.4 is 10.1 Å². The summed E-state index contributed by atoms with van der Waals surface area (Å²) >= 11 is 12.5. The molecule has 0 amide bonds. The Bertz CT molecular complexity index is 577. The Morgan fingerprint density at radius 1 is 1.32 bits per heavy atom. The van der Waals surface area contributed by atoms with Gasteiger partial charge in [0.15, 0.2) is 0 Å². The van der Waals surface area contributed by atoms with Crippen molar-refractivity contribution >= 4 is 55.2 Å². The molecule has 0 unspecified atom stereocenters. The highest BCUT2D eigenvalue weighted by Crippen LogP contribution is 2.35. The number of methoxy groups -OCH3 is 1. The van der Waals surface area contributed by atoms with Gasteiger partial charge in [-0.25, -0.2) is 0 Å². The molecule has 0 aliphatic rings. The predicted octanol–water partition coefficient (Wildman–Crippen LogP) is 4.13. The zero-order valence-corrected chi connectivity index (χ0v) is 13.8. The summed E-state index contributed by atoms with van der Waals surface area (Å²) in [6.07, 6.45) is 0.543. The number of aryl methyl sites for hydroxylation is 1. The Kier molecular flexibility index (Phi) is 5.06. The van der Waals surface area contributed by atoms with Crippen molar-refractivity contribution < 1.29 is 9.15 Å². The number of benzene rings is 1. The van der Waals surface area contributed by atoms with Gasteiger partial charge in [-0.1, -0.05) is 5.10 Å². The first kappa shape index (κ1) is 14.6.